The number of rotatable bonds is 7. The minimum Gasteiger partial charge on any atom is -0.452 e. The van der Waals surface area contributed by atoms with Crippen LogP contribution in [0.5, 0.6) is 0 Å². The Morgan fingerprint density at radius 2 is 1.81 bits per heavy atom. The molecule has 0 aromatic heterocycles. The molecule has 1 N–H and O–H groups in total. The summed E-state index contributed by atoms with van der Waals surface area (Å²) in [6, 6.07) is 7.90. The van der Waals surface area contributed by atoms with Crippen LogP contribution in [0.15, 0.2) is 30.3 Å². The van der Waals surface area contributed by atoms with Gasteiger partial charge in [0.15, 0.2) is 6.61 Å². The lowest BCUT2D eigenvalue weighted by molar-refractivity contribution is -0.144. The molecule has 0 fully saturated rings. The summed E-state index contributed by atoms with van der Waals surface area (Å²) in [5, 5.41) is 2.81. The van der Waals surface area contributed by atoms with Crippen LogP contribution in [0, 0.1) is 6.92 Å². The summed E-state index contributed by atoms with van der Waals surface area (Å²) >= 11 is 0. The van der Waals surface area contributed by atoms with Gasteiger partial charge in [0, 0.05) is 12.1 Å². The van der Waals surface area contributed by atoms with Crippen molar-refractivity contribution in [3.8, 4) is 0 Å². The summed E-state index contributed by atoms with van der Waals surface area (Å²) in [4.78, 5) is 23.1. The molecular formula is C17H23NO3. The van der Waals surface area contributed by atoms with Gasteiger partial charge in [0.2, 0.25) is 0 Å². The van der Waals surface area contributed by atoms with Crippen molar-refractivity contribution in [3.05, 3.63) is 41.5 Å². The predicted octanol–water partition coefficient (Wildman–Crippen LogP) is 2.86. The molecule has 1 amide bonds. The van der Waals surface area contributed by atoms with Gasteiger partial charge in [-0.1, -0.05) is 43.7 Å². The summed E-state index contributed by atoms with van der Waals surface area (Å²) in [5.41, 5.74) is 2.08. The second-order valence-corrected chi connectivity index (χ2v) is 4.93. The first kappa shape index (κ1) is 17.0. The third kappa shape index (κ3) is 6.75. The van der Waals surface area contributed by atoms with Crippen LogP contribution < -0.4 is 5.32 Å². The molecule has 0 atom stereocenters. The normalized spacial score (nSPS) is 10.9. The van der Waals surface area contributed by atoms with Crippen LogP contribution in [0.25, 0.3) is 6.08 Å². The summed E-state index contributed by atoms with van der Waals surface area (Å²) in [7, 11) is 0. The van der Waals surface area contributed by atoms with Gasteiger partial charge in [-0.2, -0.15) is 0 Å². The average molecular weight is 289 g/mol. The van der Waals surface area contributed by atoms with Crippen molar-refractivity contribution in [1.29, 1.82) is 0 Å². The zero-order chi connectivity index (χ0) is 15.7. The fraction of sp³-hybridized carbons (Fsp3) is 0.412. The number of esters is 1. The van der Waals surface area contributed by atoms with E-state index in [0.29, 0.717) is 0 Å². The van der Waals surface area contributed by atoms with Crippen LogP contribution in [-0.4, -0.2) is 24.5 Å². The topological polar surface area (TPSA) is 55.4 Å². The van der Waals surface area contributed by atoms with Crippen LogP contribution in [0.4, 0.5) is 0 Å². The molecule has 1 aromatic carbocycles. The number of ether oxygens (including phenoxy) is 1. The minimum absolute atomic E-state index is 0.138. The standard InChI is InChI=1S/C17H23NO3/c1-4-15(5-2)18-16(19)12-21-17(20)11-10-14-8-6-13(3)7-9-14/h6-11,15H,4-5,12H2,1-3H3,(H,18,19)/b11-10+. The maximum absolute atomic E-state index is 11.6. The van der Waals surface area contributed by atoms with E-state index in [0.717, 1.165) is 24.0 Å². The van der Waals surface area contributed by atoms with Crippen molar-refractivity contribution < 1.29 is 14.3 Å². The van der Waals surface area contributed by atoms with Gasteiger partial charge in [0.05, 0.1) is 0 Å². The summed E-state index contributed by atoms with van der Waals surface area (Å²) in [6.07, 6.45) is 4.72. The molecule has 0 aliphatic carbocycles. The number of nitrogens with one attached hydrogen (secondary N) is 1. The molecule has 114 valence electrons. The zero-order valence-corrected chi connectivity index (χ0v) is 12.9. The highest BCUT2D eigenvalue weighted by Gasteiger charge is 2.09. The first-order valence-corrected chi connectivity index (χ1v) is 7.26. The van der Waals surface area contributed by atoms with Gasteiger partial charge in [-0.3, -0.25) is 4.79 Å². The first-order chi connectivity index (χ1) is 10.0. The maximum Gasteiger partial charge on any atom is 0.331 e. The van der Waals surface area contributed by atoms with Crippen LogP contribution in [0.2, 0.25) is 0 Å². The first-order valence-electron chi connectivity index (χ1n) is 7.26. The molecule has 0 heterocycles. The van der Waals surface area contributed by atoms with E-state index < -0.39 is 5.97 Å². The highest BCUT2D eigenvalue weighted by atomic mass is 16.5. The monoisotopic (exact) mass is 289 g/mol. The number of hydrogen-bond acceptors (Lipinski definition) is 3. The fourth-order valence-electron chi connectivity index (χ4n) is 1.79. The van der Waals surface area contributed by atoms with Crippen molar-refractivity contribution in [1.82, 2.24) is 5.32 Å². The Balaban J connectivity index is 2.36. The molecule has 0 spiro atoms. The lowest BCUT2D eigenvalue weighted by atomic mass is 10.1. The van der Waals surface area contributed by atoms with E-state index in [2.05, 4.69) is 5.32 Å². The number of benzene rings is 1. The smallest absolute Gasteiger partial charge is 0.331 e. The molecule has 21 heavy (non-hydrogen) atoms. The van der Waals surface area contributed by atoms with Gasteiger partial charge in [-0.15, -0.1) is 0 Å². The maximum atomic E-state index is 11.6. The Morgan fingerprint density at radius 1 is 1.19 bits per heavy atom. The van der Waals surface area contributed by atoms with Crippen molar-refractivity contribution in [2.75, 3.05) is 6.61 Å². The Bertz CT molecular complexity index is 487. The number of hydrogen-bond donors (Lipinski definition) is 1. The zero-order valence-electron chi connectivity index (χ0n) is 12.9. The van der Waals surface area contributed by atoms with E-state index in [-0.39, 0.29) is 18.6 Å². The van der Waals surface area contributed by atoms with Gasteiger partial charge in [0.1, 0.15) is 0 Å². The second-order valence-electron chi connectivity index (χ2n) is 4.93. The SMILES string of the molecule is CCC(CC)NC(=O)COC(=O)/C=C/c1ccc(C)cc1. The van der Waals surface area contributed by atoms with E-state index >= 15 is 0 Å². The fourth-order valence-corrected chi connectivity index (χ4v) is 1.79. The number of carbonyl (C=O) groups is 2. The Labute approximate surface area is 126 Å². The third-order valence-electron chi connectivity index (χ3n) is 3.19. The minimum atomic E-state index is -0.518. The van der Waals surface area contributed by atoms with Crippen LogP contribution in [-0.2, 0) is 14.3 Å². The van der Waals surface area contributed by atoms with Crippen molar-refractivity contribution in [2.45, 2.75) is 39.7 Å². The van der Waals surface area contributed by atoms with E-state index in [1.54, 1.807) is 6.08 Å². The Hall–Kier alpha value is -2.10. The van der Waals surface area contributed by atoms with Crippen molar-refractivity contribution in [3.63, 3.8) is 0 Å². The molecule has 4 nitrogen and oxygen atoms in total. The molecular weight excluding hydrogens is 266 g/mol. The highest BCUT2D eigenvalue weighted by Crippen LogP contribution is 2.05. The van der Waals surface area contributed by atoms with Crippen LogP contribution >= 0.6 is 0 Å². The van der Waals surface area contributed by atoms with Crippen molar-refractivity contribution >= 4 is 18.0 Å². The molecule has 1 aromatic rings. The molecule has 0 aliphatic heterocycles. The Morgan fingerprint density at radius 3 is 2.38 bits per heavy atom. The van der Waals surface area contributed by atoms with Crippen LogP contribution in [0.1, 0.15) is 37.8 Å². The Kier molecular flexibility index (Phi) is 7.23. The molecule has 1 rings (SSSR count). The van der Waals surface area contributed by atoms with Gasteiger partial charge >= 0.3 is 5.97 Å². The van der Waals surface area contributed by atoms with E-state index in [1.807, 2.05) is 45.0 Å². The molecule has 0 unspecified atom stereocenters. The lowest BCUT2D eigenvalue weighted by Crippen LogP contribution is -2.36. The molecule has 4 heteroatoms. The van der Waals surface area contributed by atoms with Gasteiger partial charge in [-0.25, -0.2) is 4.79 Å². The largest absolute Gasteiger partial charge is 0.452 e. The van der Waals surface area contributed by atoms with Crippen molar-refractivity contribution in [2.24, 2.45) is 0 Å². The quantitative estimate of drug-likeness (QED) is 0.620. The molecule has 0 aliphatic rings. The number of amides is 1. The summed E-state index contributed by atoms with van der Waals surface area (Å²) in [5.74, 6) is -0.781. The molecule has 0 saturated carbocycles. The molecule has 0 bridgehead atoms. The second kappa shape index (κ2) is 8.95. The van der Waals surface area contributed by atoms with E-state index in [4.69, 9.17) is 4.74 Å². The number of carbonyl (C=O) groups excluding carboxylic acids is 2. The van der Waals surface area contributed by atoms with E-state index in [9.17, 15) is 9.59 Å². The van der Waals surface area contributed by atoms with Crippen LogP contribution in [0.3, 0.4) is 0 Å². The molecule has 0 radical (unpaired) electrons. The number of aryl methyl sites for hydroxylation is 1. The average Bonchev–Trinajstić information content (AvgIpc) is 2.50. The van der Waals surface area contributed by atoms with E-state index in [1.165, 1.54) is 6.08 Å². The predicted molar refractivity (Wildman–Crippen MR) is 83.7 cm³/mol. The van der Waals surface area contributed by atoms with Gasteiger partial charge in [0.25, 0.3) is 5.91 Å². The molecule has 0 saturated heterocycles. The van der Waals surface area contributed by atoms with Gasteiger partial charge in [-0.05, 0) is 31.4 Å². The van der Waals surface area contributed by atoms with Gasteiger partial charge < -0.3 is 10.1 Å². The third-order valence-corrected chi connectivity index (χ3v) is 3.19. The highest BCUT2D eigenvalue weighted by molar-refractivity contribution is 5.89. The summed E-state index contributed by atoms with van der Waals surface area (Å²) in [6.45, 7) is 5.77. The lowest BCUT2D eigenvalue weighted by Gasteiger charge is -2.14. The summed E-state index contributed by atoms with van der Waals surface area (Å²) < 4.78 is 4.90.